The van der Waals surface area contributed by atoms with E-state index in [1.54, 1.807) is 0 Å². The molecule has 19 heavy (non-hydrogen) atoms. The molecule has 0 heterocycles. The number of nitrogens with one attached hydrogen (secondary N) is 1. The molecule has 1 unspecified atom stereocenters. The Morgan fingerprint density at radius 1 is 1.26 bits per heavy atom. The van der Waals surface area contributed by atoms with E-state index in [9.17, 15) is 4.79 Å². The first-order valence-electron chi connectivity index (χ1n) is 7.27. The maximum absolute atomic E-state index is 11.9. The Labute approximate surface area is 122 Å². The largest absolute Gasteiger partial charge is 0.468 e. The molecule has 0 aromatic heterocycles. The van der Waals surface area contributed by atoms with Crippen LogP contribution < -0.4 is 5.32 Å². The third-order valence-electron chi connectivity index (χ3n) is 3.34. The first-order valence-corrected chi connectivity index (χ1v) is 8.25. The molecule has 1 rings (SSSR count). The molecule has 1 N–H and O–H groups in total. The van der Waals surface area contributed by atoms with Crippen molar-refractivity contribution in [1.29, 1.82) is 0 Å². The Morgan fingerprint density at radius 3 is 2.37 bits per heavy atom. The fourth-order valence-corrected chi connectivity index (χ4v) is 3.06. The quantitative estimate of drug-likeness (QED) is 0.549. The molecule has 0 saturated heterocycles. The lowest BCUT2D eigenvalue weighted by Gasteiger charge is -2.28. The van der Waals surface area contributed by atoms with Crippen molar-refractivity contribution in [3.8, 4) is 0 Å². The van der Waals surface area contributed by atoms with Crippen molar-refractivity contribution in [3.05, 3.63) is 0 Å². The average Bonchev–Trinajstić information content (AvgIpc) is 3.09. The lowest BCUT2D eigenvalue weighted by atomic mass is 9.95. The van der Waals surface area contributed by atoms with Gasteiger partial charge in [0.1, 0.15) is 5.54 Å². The number of rotatable bonds is 8. The van der Waals surface area contributed by atoms with E-state index in [0.29, 0.717) is 10.8 Å². The first kappa shape index (κ1) is 16.8. The molecule has 0 bridgehead atoms. The van der Waals surface area contributed by atoms with Gasteiger partial charge in [-0.05, 0) is 38.4 Å². The number of hydrogen-bond acceptors (Lipinski definition) is 4. The number of thioether (sulfide) groups is 1. The van der Waals surface area contributed by atoms with Gasteiger partial charge in [-0.15, -0.1) is 0 Å². The molecule has 0 aromatic rings. The highest BCUT2D eigenvalue weighted by molar-refractivity contribution is 8.00. The van der Waals surface area contributed by atoms with Gasteiger partial charge in [0.15, 0.2) is 0 Å². The third-order valence-corrected chi connectivity index (χ3v) is 4.70. The van der Waals surface area contributed by atoms with Crippen molar-refractivity contribution in [2.24, 2.45) is 0 Å². The van der Waals surface area contributed by atoms with Crippen molar-refractivity contribution in [3.63, 3.8) is 0 Å². The van der Waals surface area contributed by atoms with Crippen LogP contribution in [0.15, 0.2) is 0 Å². The first-order chi connectivity index (χ1) is 8.77. The van der Waals surface area contributed by atoms with Gasteiger partial charge >= 0.3 is 5.97 Å². The molecular weight excluding hydrogens is 258 g/mol. The van der Waals surface area contributed by atoms with Gasteiger partial charge in [-0.1, -0.05) is 27.2 Å². The van der Waals surface area contributed by atoms with E-state index in [4.69, 9.17) is 4.74 Å². The number of ether oxygens (including phenoxy) is 1. The van der Waals surface area contributed by atoms with E-state index in [-0.39, 0.29) is 5.97 Å². The summed E-state index contributed by atoms with van der Waals surface area (Å²) in [5.41, 5.74) is -0.498. The number of carbonyl (C=O) groups is 1. The van der Waals surface area contributed by atoms with Gasteiger partial charge in [-0.25, -0.2) is 0 Å². The van der Waals surface area contributed by atoms with Crippen LogP contribution in [0.4, 0.5) is 0 Å². The summed E-state index contributed by atoms with van der Waals surface area (Å²) in [6.07, 6.45) is 5.45. The highest BCUT2D eigenvalue weighted by Gasteiger charge is 2.38. The van der Waals surface area contributed by atoms with Gasteiger partial charge < -0.3 is 4.74 Å². The molecule has 1 fully saturated rings. The molecule has 0 radical (unpaired) electrons. The molecule has 0 aliphatic heterocycles. The molecule has 3 nitrogen and oxygen atoms in total. The van der Waals surface area contributed by atoms with Gasteiger partial charge in [0.05, 0.1) is 7.11 Å². The minimum atomic E-state index is -0.498. The van der Waals surface area contributed by atoms with E-state index in [1.165, 1.54) is 20.0 Å². The van der Waals surface area contributed by atoms with Crippen molar-refractivity contribution in [2.45, 2.75) is 76.1 Å². The van der Waals surface area contributed by atoms with Crippen LogP contribution in [0.2, 0.25) is 0 Å². The van der Waals surface area contributed by atoms with Crippen LogP contribution in [0, 0.1) is 0 Å². The summed E-state index contributed by atoms with van der Waals surface area (Å²) in [6.45, 7) is 8.70. The normalized spacial score (nSPS) is 19.0. The lowest BCUT2D eigenvalue weighted by molar-refractivity contribution is -0.148. The smallest absolute Gasteiger partial charge is 0.325 e. The fourth-order valence-electron chi connectivity index (χ4n) is 2.10. The van der Waals surface area contributed by atoms with E-state index in [0.717, 1.165) is 25.0 Å². The Hall–Kier alpha value is -0.220. The third kappa shape index (κ3) is 6.66. The summed E-state index contributed by atoms with van der Waals surface area (Å²) in [5.74, 6) is 1.03. The zero-order valence-electron chi connectivity index (χ0n) is 13.0. The van der Waals surface area contributed by atoms with E-state index < -0.39 is 5.54 Å². The summed E-state index contributed by atoms with van der Waals surface area (Å²) in [4.78, 5) is 11.9. The molecule has 0 amide bonds. The van der Waals surface area contributed by atoms with Crippen molar-refractivity contribution in [2.75, 3.05) is 12.9 Å². The SMILES string of the molecule is COC(=O)C(C)(CCCCSC(C)(C)C)NC1CC1. The summed E-state index contributed by atoms with van der Waals surface area (Å²) in [5, 5.41) is 3.44. The highest BCUT2D eigenvalue weighted by atomic mass is 32.2. The van der Waals surface area contributed by atoms with Gasteiger partial charge in [0.25, 0.3) is 0 Å². The summed E-state index contributed by atoms with van der Waals surface area (Å²) in [7, 11) is 1.48. The van der Waals surface area contributed by atoms with E-state index >= 15 is 0 Å². The predicted octanol–water partition coefficient (Wildman–Crippen LogP) is 3.37. The molecule has 1 saturated carbocycles. The standard InChI is InChI=1S/C15H29NO2S/c1-14(2,3)19-11-7-6-10-15(4,13(17)18-5)16-12-8-9-12/h12,16H,6-11H2,1-5H3. The van der Waals surface area contributed by atoms with Crippen molar-refractivity contribution < 1.29 is 9.53 Å². The molecule has 4 heteroatoms. The van der Waals surface area contributed by atoms with Crippen molar-refractivity contribution >= 4 is 17.7 Å². The lowest BCUT2D eigenvalue weighted by Crippen LogP contribution is -2.51. The molecule has 0 spiro atoms. The van der Waals surface area contributed by atoms with Gasteiger partial charge in [-0.2, -0.15) is 11.8 Å². The zero-order valence-corrected chi connectivity index (χ0v) is 13.9. The second-order valence-corrected chi connectivity index (χ2v) is 8.58. The predicted molar refractivity (Wildman–Crippen MR) is 82.6 cm³/mol. The Balaban J connectivity index is 2.30. The van der Waals surface area contributed by atoms with Crippen LogP contribution in [0.25, 0.3) is 0 Å². The average molecular weight is 287 g/mol. The highest BCUT2D eigenvalue weighted by Crippen LogP contribution is 2.28. The van der Waals surface area contributed by atoms with Gasteiger partial charge in [-0.3, -0.25) is 10.1 Å². The molecule has 112 valence electrons. The summed E-state index contributed by atoms with van der Waals surface area (Å²) >= 11 is 1.99. The number of unbranched alkanes of at least 4 members (excludes halogenated alkanes) is 1. The Bertz CT molecular complexity index is 297. The van der Waals surface area contributed by atoms with Crippen LogP contribution in [-0.4, -0.2) is 35.2 Å². The molecule has 1 atom stereocenters. The zero-order chi connectivity index (χ0) is 14.5. The maximum Gasteiger partial charge on any atom is 0.325 e. The second kappa shape index (κ2) is 6.98. The van der Waals surface area contributed by atoms with E-state index in [2.05, 4.69) is 26.1 Å². The van der Waals surface area contributed by atoms with E-state index in [1.807, 2.05) is 18.7 Å². The number of hydrogen-bond donors (Lipinski definition) is 1. The van der Waals surface area contributed by atoms with Crippen LogP contribution >= 0.6 is 11.8 Å². The number of methoxy groups -OCH3 is 1. The summed E-state index contributed by atoms with van der Waals surface area (Å²) in [6, 6.07) is 0.521. The van der Waals surface area contributed by atoms with Crippen molar-refractivity contribution in [1.82, 2.24) is 5.32 Å². The molecule has 0 aromatic carbocycles. The number of carbonyl (C=O) groups excluding carboxylic acids is 1. The monoisotopic (exact) mass is 287 g/mol. The Morgan fingerprint density at radius 2 is 1.89 bits per heavy atom. The van der Waals surface area contributed by atoms with Crippen LogP contribution in [0.1, 0.15) is 59.8 Å². The minimum Gasteiger partial charge on any atom is -0.468 e. The maximum atomic E-state index is 11.9. The Kier molecular flexibility index (Phi) is 6.18. The topological polar surface area (TPSA) is 38.3 Å². The number of esters is 1. The fraction of sp³-hybridized carbons (Fsp3) is 0.933. The second-order valence-electron chi connectivity index (χ2n) is 6.66. The molecule has 1 aliphatic carbocycles. The summed E-state index contributed by atoms with van der Waals surface area (Å²) < 4.78 is 5.28. The molecule has 1 aliphatic rings. The van der Waals surface area contributed by atoms with Crippen LogP contribution in [-0.2, 0) is 9.53 Å². The molecular formula is C15H29NO2S. The van der Waals surface area contributed by atoms with Crippen LogP contribution in [0.3, 0.4) is 0 Å². The minimum absolute atomic E-state index is 0.122. The van der Waals surface area contributed by atoms with Crippen LogP contribution in [0.5, 0.6) is 0 Å². The van der Waals surface area contributed by atoms with Gasteiger partial charge in [0, 0.05) is 10.8 Å². The van der Waals surface area contributed by atoms with Gasteiger partial charge in [0.2, 0.25) is 0 Å².